The fourth-order valence-corrected chi connectivity index (χ4v) is 6.01. The number of hydrogen-bond acceptors (Lipinski definition) is 3. The SMILES string of the molecule is C[C@]12Cc3cnn(-c4ccc(F)cc4)c3C=C1CC[C@@]2(O)CCc1ccccc1-c1ccc(F)nc1. The van der Waals surface area contributed by atoms with Crippen molar-refractivity contribution in [1.82, 2.24) is 14.8 Å². The molecule has 2 aromatic carbocycles. The highest BCUT2D eigenvalue weighted by molar-refractivity contribution is 5.67. The highest BCUT2D eigenvalue weighted by atomic mass is 19.1. The normalized spacial score (nSPS) is 22.7. The molecule has 4 nitrogen and oxygen atoms in total. The van der Waals surface area contributed by atoms with Crippen LogP contribution in [0.4, 0.5) is 8.78 Å². The van der Waals surface area contributed by atoms with Crippen molar-refractivity contribution < 1.29 is 13.9 Å². The molecule has 1 saturated carbocycles. The second kappa shape index (κ2) is 8.49. The van der Waals surface area contributed by atoms with E-state index in [2.05, 4.69) is 29.1 Å². The maximum Gasteiger partial charge on any atom is 0.212 e. The van der Waals surface area contributed by atoms with Gasteiger partial charge in [0.2, 0.25) is 5.95 Å². The summed E-state index contributed by atoms with van der Waals surface area (Å²) in [6.45, 7) is 2.17. The molecule has 0 saturated heterocycles. The molecule has 2 atom stereocenters. The van der Waals surface area contributed by atoms with Crippen molar-refractivity contribution in [2.24, 2.45) is 5.41 Å². The zero-order valence-electron chi connectivity index (χ0n) is 20.1. The Morgan fingerprint density at radius 1 is 1.00 bits per heavy atom. The summed E-state index contributed by atoms with van der Waals surface area (Å²) >= 11 is 0. The van der Waals surface area contributed by atoms with Gasteiger partial charge in [0.05, 0.1) is 23.2 Å². The highest BCUT2D eigenvalue weighted by Gasteiger charge is 2.54. The van der Waals surface area contributed by atoms with Crippen LogP contribution in [0, 0.1) is 17.2 Å². The average molecular weight is 484 g/mol. The van der Waals surface area contributed by atoms with E-state index in [0.29, 0.717) is 25.7 Å². The van der Waals surface area contributed by atoms with Crippen LogP contribution in [0.25, 0.3) is 22.9 Å². The van der Waals surface area contributed by atoms with Gasteiger partial charge in [0.15, 0.2) is 0 Å². The molecule has 0 aliphatic heterocycles. The number of hydrogen-bond donors (Lipinski definition) is 1. The molecule has 0 spiro atoms. The zero-order valence-corrected chi connectivity index (χ0v) is 20.1. The van der Waals surface area contributed by atoms with Crippen molar-refractivity contribution in [3.8, 4) is 16.8 Å². The third-order valence-electron chi connectivity index (χ3n) is 8.22. The van der Waals surface area contributed by atoms with Gasteiger partial charge in [-0.1, -0.05) is 36.8 Å². The van der Waals surface area contributed by atoms with Gasteiger partial charge >= 0.3 is 0 Å². The molecule has 6 heteroatoms. The smallest absolute Gasteiger partial charge is 0.212 e. The van der Waals surface area contributed by atoms with E-state index < -0.39 is 11.5 Å². The van der Waals surface area contributed by atoms with Crippen LogP contribution in [-0.2, 0) is 12.8 Å². The van der Waals surface area contributed by atoms with Gasteiger partial charge in [-0.15, -0.1) is 0 Å². The van der Waals surface area contributed by atoms with E-state index in [9.17, 15) is 13.9 Å². The first-order chi connectivity index (χ1) is 17.4. The lowest BCUT2D eigenvalue weighted by Crippen LogP contribution is -2.45. The fourth-order valence-electron chi connectivity index (χ4n) is 6.01. The molecular weight excluding hydrogens is 456 g/mol. The molecule has 0 unspecified atom stereocenters. The van der Waals surface area contributed by atoms with E-state index in [4.69, 9.17) is 0 Å². The number of aryl methyl sites for hydroxylation is 1. The molecule has 0 radical (unpaired) electrons. The third kappa shape index (κ3) is 3.68. The summed E-state index contributed by atoms with van der Waals surface area (Å²) in [4.78, 5) is 3.81. The Balaban J connectivity index is 1.27. The van der Waals surface area contributed by atoms with E-state index in [1.165, 1.54) is 23.8 Å². The summed E-state index contributed by atoms with van der Waals surface area (Å²) in [5.41, 5.74) is 5.89. The van der Waals surface area contributed by atoms with Gasteiger partial charge in [0, 0.05) is 17.2 Å². The van der Waals surface area contributed by atoms with Crippen LogP contribution in [0.3, 0.4) is 0 Å². The number of rotatable bonds is 5. The Labute approximate surface area is 209 Å². The van der Waals surface area contributed by atoms with Gasteiger partial charge < -0.3 is 5.11 Å². The standard InChI is InChI=1S/C30H27F2N3O/c1-29-17-22-19-34-35(25-9-7-24(31)8-10-25)27(22)16-23(29)13-15-30(29,36)14-12-20-4-2-3-5-26(20)21-6-11-28(32)33-18-21/h2-11,16,18-19,36H,12-15,17H2,1H3/t29-,30-/m0/s1. The Kier molecular flexibility index (Phi) is 5.38. The Hall–Kier alpha value is -3.64. The lowest BCUT2D eigenvalue weighted by Gasteiger charge is -2.42. The number of fused-ring (bicyclic) bond motifs is 2. The van der Waals surface area contributed by atoms with Crippen molar-refractivity contribution in [2.75, 3.05) is 0 Å². The number of aliphatic hydroxyl groups is 1. The van der Waals surface area contributed by atoms with Crippen LogP contribution in [-0.4, -0.2) is 25.5 Å². The topological polar surface area (TPSA) is 50.9 Å². The summed E-state index contributed by atoms with van der Waals surface area (Å²) in [6, 6.07) is 17.5. The van der Waals surface area contributed by atoms with Crippen molar-refractivity contribution in [2.45, 2.75) is 44.6 Å². The molecule has 1 N–H and O–H groups in total. The molecule has 182 valence electrons. The maximum absolute atomic E-state index is 13.4. The van der Waals surface area contributed by atoms with E-state index in [1.54, 1.807) is 24.4 Å². The molecule has 6 rings (SSSR count). The number of halogens is 2. The molecular formula is C30H27F2N3O. The summed E-state index contributed by atoms with van der Waals surface area (Å²) in [5, 5.41) is 16.6. The van der Waals surface area contributed by atoms with Crippen molar-refractivity contribution in [1.29, 1.82) is 0 Å². The van der Waals surface area contributed by atoms with Gasteiger partial charge in [-0.2, -0.15) is 9.49 Å². The average Bonchev–Trinajstić information content (AvgIpc) is 3.40. The van der Waals surface area contributed by atoms with Crippen LogP contribution in [0.2, 0.25) is 0 Å². The van der Waals surface area contributed by atoms with E-state index in [-0.39, 0.29) is 11.2 Å². The summed E-state index contributed by atoms with van der Waals surface area (Å²) in [5.74, 6) is -0.771. The van der Waals surface area contributed by atoms with E-state index in [1.807, 2.05) is 29.1 Å². The van der Waals surface area contributed by atoms with Gasteiger partial charge in [0.1, 0.15) is 5.82 Å². The Morgan fingerprint density at radius 3 is 2.58 bits per heavy atom. The summed E-state index contributed by atoms with van der Waals surface area (Å²) < 4.78 is 28.6. The van der Waals surface area contributed by atoms with Crippen molar-refractivity contribution >= 4 is 6.08 Å². The van der Waals surface area contributed by atoms with Gasteiger partial charge in [-0.05, 0) is 91.3 Å². The minimum atomic E-state index is -0.858. The Bertz CT molecular complexity index is 1460. The molecule has 2 aliphatic rings. The fraction of sp³-hybridized carbons (Fsp3) is 0.267. The second-order valence-electron chi connectivity index (χ2n) is 10.2. The minimum Gasteiger partial charge on any atom is -0.389 e. The Morgan fingerprint density at radius 2 is 1.81 bits per heavy atom. The minimum absolute atomic E-state index is 0.274. The molecule has 2 heterocycles. The molecule has 1 fully saturated rings. The number of pyridine rings is 1. The zero-order chi connectivity index (χ0) is 24.9. The van der Waals surface area contributed by atoms with Gasteiger partial charge in [-0.3, -0.25) is 0 Å². The van der Waals surface area contributed by atoms with Gasteiger partial charge in [-0.25, -0.2) is 14.1 Å². The van der Waals surface area contributed by atoms with Crippen molar-refractivity contribution in [3.05, 3.63) is 107 Å². The largest absolute Gasteiger partial charge is 0.389 e. The van der Waals surface area contributed by atoms with E-state index >= 15 is 0 Å². The van der Waals surface area contributed by atoms with Gasteiger partial charge in [0.25, 0.3) is 0 Å². The first-order valence-corrected chi connectivity index (χ1v) is 12.3. The van der Waals surface area contributed by atoms with Crippen LogP contribution < -0.4 is 0 Å². The number of aromatic nitrogens is 3. The molecule has 36 heavy (non-hydrogen) atoms. The summed E-state index contributed by atoms with van der Waals surface area (Å²) in [7, 11) is 0. The first-order valence-electron chi connectivity index (χ1n) is 12.3. The number of benzene rings is 2. The lowest BCUT2D eigenvalue weighted by molar-refractivity contribution is -0.0461. The molecule has 0 amide bonds. The number of nitrogens with zero attached hydrogens (tertiary/aromatic N) is 3. The predicted molar refractivity (Wildman–Crippen MR) is 135 cm³/mol. The van der Waals surface area contributed by atoms with Crippen LogP contribution >= 0.6 is 0 Å². The molecule has 4 aromatic rings. The molecule has 2 aromatic heterocycles. The molecule has 2 aliphatic carbocycles. The summed E-state index contributed by atoms with van der Waals surface area (Å²) in [6.07, 6.45) is 9.15. The van der Waals surface area contributed by atoms with Crippen LogP contribution in [0.1, 0.15) is 43.0 Å². The second-order valence-corrected chi connectivity index (χ2v) is 10.2. The van der Waals surface area contributed by atoms with E-state index in [0.717, 1.165) is 40.1 Å². The van der Waals surface area contributed by atoms with Crippen LogP contribution in [0.5, 0.6) is 0 Å². The van der Waals surface area contributed by atoms with Crippen LogP contribution in [0.15, 0.2) is 78.6 Å². The first kappa shape index (κ1) is 22.8. The predicted octanol–water partition coefficient (Wildman–Crippen LogP) is 6.32. The lowest BCUT2D eigenvalue weighted by atomic mass is 9.65. The monoisotopic (exact) mass is 483 g/mol. The molecule has 0 bridgehead atoms. The highest BCUT2D eigenvalue weighted by Crippen LogP contribution is 2.57. The maximum atomic E-state index is 13.4. The van der Waals surface area contributed by atoms with Crippen molar-refractivity contribution in [3.63, 3.8) is 0 Å². The third-order valence-corrected chi connectivity index (χ3v) is 8.22. The quantitative estimate of drug-likeness (QED) is 0.338.